The fraction of sp³-hybridized carbons (Fsp3) is 0.812. The van der Waals surface area contributed by atoms with Gasteiger partial charge in [0.15, 0.2) is 0 Å². The Morgan fingerprint density at radius 1 is 1.30 bits per heavy atom. The van der Waals surface area contributed by atoms with Gasteiger partial charge in [-0.15, -0.1) is 0 Å². The van der Waals surface area contributed by atoms with Crippen molar-refractivity contribution < 1.29 is 0 Å². The van der Waals surface area contributed by atoms with Crippen molar-refractivity contribution in [2.45, 2.75) is 60.9 Å². The molecule has 3 nitrogen and oxygen atoms in total. The molecule has 0 atom stereocenters. The number of rotatable bonds is 8. The minimum absolute atomic E-state index is 0.177. The third-order valence-electron chi connectivity index (χ3n) is 3.50. The van der Waals surface area contributed by atoms with E-state index in [0.29, 0.717) is 5.92 Å². The fourth-order valence-electron chi connectivity index (χ4n) is 2.40. The standard InChI is InChI=1S/C16H30ClN3/c1-7-13-15(17)14(20(8-2)19-13)9-16(5,6)11-18-10-12(3)4/h12,18H,7-11H2,1-6H3. The van der Waals surface area contributed by atoms with Crippen molar-refractivity contribution in [1.29, 1.82) is 0 Å². The normalized spacial score (nSPS) is 12.4. The molecule has 0 fully saturated rings. The minimum atomic E-state index is 0.177. The lowest BCUT2D eigenvalue weighted by atomic mass is 9.87. The Hall–Kier alpha value is -0.540. The molecule has 1 rings (SSSR count). The summed E-state index contributed by atoms with van der Waals surface area (Å²) in [6.07, 6.45) is 1.85. The first-order chi connectivity index (χ1) is 9.30. The molecule has 0 unspecified atom stereocenters. The monoisotopic (exact) mass is 299 g/mol. The maximum Gasteiger partial charge on any atom is 0.0850 e. The van der Waals surface area contributed by atoms with Crippen LogP contribution in [-0.2, 0) is 19.4 Å². The Kier molecular flexibility index (Phi) is 6.53. The largest absolute Gasteiger partial charge is 0.316 e. The Morgan fingerprint density at radius 3 is 2.45 bits per heavy atom. The van der Waals surface area contributed by atoms with Gasteiger partial charge in [-0.1, -0.05) is 46.2 Å². The molecule has 0 bridgehead atoms. The molecule has 0 amide bonds. The van der Waals surface area contributed by atoms with Crippen LogP contribution in [0, 0.1) is 11.3 Å². The van der Waals surface area contributed by atoms with Crippen molar-refractivity contribution >= 4 is 11.6 Å². The summed E-state index contributed by atoms with van der Waals surface area (Å²) in [5.74, 6) is 0.683. The third kappa shape index (κ3) is 4.78. The molecule has 4 heteroatoms. The SMILES string of the molecule is CCc1nn(CC)c(CC(C)(C)CNCC(C)C)c1Cl. The maximum absolute atomic E-state index is 6.50. The van der Waals surface area contributed by atoms with E-state index in [1.54, 1.807) is 0 Å². The molecule has 0 aliphatic rings. The number of hydrogen-bond acceptors (Lipinski definition) is 2. The molecule has 1 N–H and O–H groups in total. The van der Waals surface area contributed by atoms with Crippen molar-refractivity contribution in [3.8, 4) is 0 Å². The second-order valence-corrected chi connectivity index (χ2v) is 7.12. The quantitative estimate of drug-likeness (QED) is 0.788. The van der Waals surface area contributed by atoms with Gasteiger partial charge >= 0.3 is 0 Å². The molecule has 0 radical (unpaired) electrons. The number of nitrogens with zero attached hydrogens (tertiary/aromatic N) is 2. The van der Waals surface area contributed by atoms with Crippen molar-refractivity contribution in [2.24, 2.45) is 11.3 Å². The van der Waals surface area contributed by atoms with Gasteiger partial charge in [-0.05, 0) is 37.6 Å². The molecule has 1 aromatic rings. The fourth-order valence-corrected chi connectivity index (χ4v) is 2.74. The Morgan fingerprint density at radius 2 is 1.95 bits per heavy atom. The summed E-state index contributed by atoms with van der Waals surface area (Å²) >= 11 is 6.50. The summed E-state index contributed by atoms with van der Waals surface area (Å²) in [5, 5.41) is 9.02. The topological polar surface area (TPSA) is 29.9 Å². The summed E-state index contributed by atoms with van der Waals surface area (Å²) in [7, 11) is 0. The molecular formula is C16H30ClN3. The van der Waals surface area contributed by atoms with Crippen LogP contribution in [0.25, 0.3) is 0 Å². The van der Waals surface area contributed by atoms with E-state index in [1.165, 1.54) is 5.69 Å². The lowest BCUT2D eigenvalue weighted by Crippen LogP contribution is -2.33. The minimum Gasteiger partial charge on any atom is -0.316 e. The van der Waals surface area contributed by atoms with Gasteiger partial charge in [0.1, 0.15) is 0 Å². The highest BCUT2D eigenvalue weighted by Crippen LogP contribution is 2.28. The molecule has 0 aromatic carbocycles. The smallest absolute Gasteiger partial charge is 0.0850 e. The average molecular weight is 300 g/mol. The van der Waals surface area contributed by atoms with Crippen LogP contribution in [0.3, 0.4) is 0 Å². The lowest BCUT2D eigenvalue weighted by Gasteiger charge is -2.26. The molecule has 0 spiro atoms. The predicted molar refractivity (Wildman–Crippen MR) is 87.5 cm³/mol. The summed E-state index contributed by atoms with van der Waals surface area (Å²) in [6.45, 7) is 16.2. The first kappa shape index (κ1) is 17.5. The van der Waals surface area contributed by atoms with Crippen LogP contribution in [0.2, 0.25) is 5.02 Å². The molecule has 0 saturated carbocycles. The van der Waals surface area contributed by atoms with Crippen LogP contribution < -0.4 is 5.32 Å². The molecule has 0 aliphatic carbocycles. The van der Waals surface area contributed by atoms with Crippen LogP contribution in [0.1, 0.15) is 52.9 Å². The van der Waals surface area contributed by atoms with Crippen molar-refractivity contribution in [3.05, 3.63) is 16.4 Å². The van der Waals surface area contributed by atoms with E-state index in [1.807, 2.05) is 0 Å². The van der Waals surface area contributed by atoms with Gasteiger partial charge in [-0.3, -0.25) is 4.68 Å². The second-order valence-electron chi connectivity index (χ2n) is 6.74. The lowest BCUT2D eigenvalue weighted by molar-refractivity contribution is 0.321. The van der Waals surface area contributed by atoms with Crippen LogP contribution >= 0.6 is 11.6 Å². The molecule has 1 heterocycles. The van der Waals surface area contributed by atoms with E-state index in [-0.39, 0.29) is 5.41 Å². The van der Waals surface area contributed by atoms with Crippen LogP contribution in [0.5, 0.6) is 0 Å². The molecule has 1 aromatic heterocycles. The Balaban J connectivity index is 2.77. The van der Waals surface area contributed by atoms with E-state index in [9.17, 15) is 0 Å². The number of aromatic nitrogens is 2. The summed E-state index contributed by atoms with van der Waals surface area (Å²) in [4.78, 5) is 0. The van der Waals surface area contributed by atoms with Gasteiger partial charge in [0, 0.05) is 13.1 Å². The second kappa shape index (κ2) is 7.46. The zero-order valence-corrected chi connectivity index (χ0v) is 14.6. The van der Waals surface area contributed by atoms with Crippen molar-refractivity contribution in [3.63, 3.8) is 0 Å². The molecule has 116 valence electrons. The van der Waals surface area contributed by atoms with E-state index in [0.717, 1.165) is 43.2 Å². The average Bonchev–Trinajstić information content (AvgIpc) is 2.65. The van der Waals surface area contributed by atoms with Gasteiger partial charge in [-0.25, -0.2) is 0 Å². The van der Waals surface area contributed by atoms with E-state index in [2.05, 4.69) is 56.6 Å². The van der Waals surface area contributed by atoms with Crippen LogP contribution in [0.4, 0.5) is 0 Å². The highest BCUT2D eigenvalue weighted by atomic mass is 35.5. The number of hydrogen-bond donors (Lipinski definition) is 1. The van der Waals surface area contributed by atoms with Crippen molar-refractivity contribution in [2.75, 3.05) is 13.1 Å². The van der Waals surface area contributed by atoms with Crippen LogP contribution in [0.15, 0.2) is 0 Å². The van der Waals surface area contributed by atoms with Crippen LogP contribution in [-0.4, -0.2) is 22.9 Å². The molecule has 20 heavy (non-hydrogen) atoms. The molecule has 0 aliphatic heterocycles. The van der Waals surface area contributed by atoms with E-state index in [4.69, 9.17) is 11.6 Å². The summed E-state index contributed by atoms with van der Waals surface area (Å²) in [5.41, 5.74) is 2.38. The predicted octanol–water partition coefficient (Wildman–Crippen LogP) is 3.93. The molecular weight excluding hydrogens is 270 g/mol. The Labute approximate surface area is 129 Å². The number of nitrogens with one attached hydrogen (secondary N) is 1. The van der Waals surface area contributed by atoms with Gasteiger partial charge in [0.25, 0.3) is 0 Å². The van der Waals surface area contributed by atoms with Gasteiger partial charge in [0.05, 0.1) is 16.4 Å². The highest BCUT2D eigenvalue weighted by molar-refractivity contribution is 6.31. The number of aryl methyl sites for hydroxylation is 2. The zero-order chi connectivity index (χ0) is 15.3. The van der Waals surface area contributed by atoms with E-state index >= 15 is 0 Å². The first-order valence-corrected chi connectivity index (χ1v) is 8.13. The first-order valence-electron chi connectivity index (χ1n) is 7.75. The number of halogens is 1. The highest BCUT2D eigenvalue weighted by Gasteiger charge is 2.24. The molecule has 0 saturated heterocycles. The zero-order valence-electron chi connectivity index (χ0n) is 13.9. The third-order valence-corrected chi connectivity index (χ3v) is 3.93. The van der Waals surface area contributed by atoms with Gasteiger partial charge in [-0.2, -0.15) is 5.10 Å². The Bertz CT molecular complexity index is 422. The van der Waals surface area contributed by atoms with E-state index < -0.39 is 0 Å². The summed E-state index contributed by atoms with van der Waals surface area (Å²) < 4.78 is 2.06. The summed E-state index contributed by atoms with van der Waals surface area (Å²) in [6, 6.07) is 0. The van der Waals surface area contributed by atoms with Gasteiger partial charge in [0.2, 0.25) is 0 Å². The van der Waals surface area contributed by atoms with Gasteiger partial charge < -0.3 is 5.32 Å². The maximum atomic E-state index is 6.50. The van der Waals surface area contributed by atoms with Crippen molar-refractivity contribution in [1.82, 2.24) is 15.1 Å².